The lowest BCUT2D eigenvalue weighted by atomic mass is 9.76. The Morgan fingerprint density at radius 1 is 1.04 bits per heavy atom. The number of carbonyl (C=O) groups is 3. The van der Waals surface area contributed by atoms with E-state index in [1.54, 1.807) is 0 Å². The van der Waals surface area contributed by atoms with Crippen LogP contribution in [0.4, 0.5) is 0 Å². The van der Waals surface area contributed by atoms with Crippen LogP contribution in [0, 0.1) is 11.8 Å². The molecule has 1 aromatic carbocycles. The van der Waals surface area contributed by atoms with Crippen molar-refractivity contribution in [1.82, 2.24) is 5.32 Å². The Bertz CT molecular complexity index is 659. The standard InChI is InChI=1S/C20H27NO5/c1-13(22)21-20(4)18(12-26-15(3)24)10-17(11-25-14(2)23)19(20)16-8-6-5-7-9-16/h5-9,17-19H,10-12H2,1-4H3,(H,21,22)/t17-,18+,19+,20-/m1/s1. The number of benzene rings is 1. The molecule has 0 radical (unpaired) electrons. The quantitative estimate of drug-likeness (QED) is 0.787. The summed E-state index contributed by atoms with van der Waals surface area (Å²) in [4.78, 5) is 34.6. The number of rotatable bonds is 6. The summed E-state index contributed by atoms with van der Waals surface area (Å²) >= 11 is 0. The summed E-state index contributed by atoms with van der Waals surface area (Å²) in [6, 6.07) is 9.86. The topological polar surface area (TPSA) is 81.7 Å². The maximum Gasteiger partial charge on any atom is 0.302 e. The van der Waals surface area contributed by atoms with Crippen LogP contribution in [0.15, 0.2) is 30.3 Å². The van der Waals surface area contributed by atoms with E-state index in [9.17, 15) is 14.4 Å². The van der Waals surface area contributed by atoms with Crippen LogP contribution in [0.1, 0.15) is 45.6 Å². The minimum absolute atomic E-state index is 0.0127. The van der Waals surface area contributed by atoms with Crippen molar-refractivity contribution in [3.8, 4) is 0 Å². The molecule has 1 aromatic rings. The first-order valence-electron chi connectivity index (χ1n) is 8.84. The Balaban J connectivity index is 2.40. The summed E-state index contributed by atoms with van der Waals surface area (Å²) in [5.41, 5.74) is 0.444. The fourth-order valence-electron chi connectivity index (χ4n) is 4.18. The van der Waals surface area contributed by atoms with Gasteiger partial charge in [0.05, 0.1) is 18.8 Å². The molecule has 1 aliphatic rings. The molecule has 4 atom stereocenters. The minimum Gasteiger partial charge on any atom is -0.466 e. The van der Waals surface area contributed by atoms with Crippen LogP contribution in [0.5, 0.6) is 0 Å². The molecule has 2 rings (SSSR count). The summed E-state index contributed by atoms with van der Waals surface area (Å²) in [5, 5.41) is 3.09. The summed E-state index contributed by atoms with van der Waals surface area (Å²) in [6.07, 6.45) is 0.677. The number of nitrogens with one attached hydrogen (secondary N) is 1. The van der Waals surface area contributed by atoms with Crippen LogP contribution in [0.25, 0.3) is 0 Å². The summed E-state index contributed by atoms with van der Waals surface area (Å²) in [7, 11) is 0. The monoisotopic (exact) mass is 361 g/mol. The molecule has 1 saturated carbocycles. The zero-order valence-corrected chi connectivity index (χ0v) is 15.8. The lowest BCUT2D eigenvalue weighted by molar-refractivity contribution is -0.143. The fourth-order valence-corrected chi connectivity index (χ4v) is 4.18. The molecule has 1 aliphatic carbocycles. The maximum atomic E-state index is 11.9. The lowest BCUT2D eigenvalue weighted by Crippen LogP contribution is -2.53. The van der Waals surface area contributed by atoms with Gasteiger partial charge in [-0.25, -0.2) is 0 Å². The molecule has 0 aromatic heterocycles. The van der Waals surface area contributed by atoms with Gasteiger partial charge in [0, 0.05) is 38.5 Å². The van der Waals surface area contributed by atoms with Gasteiger partial charge in [-0.1, -0.05) is 30.3 Å². The predicted molar refractivity (Wildman–Crippen MR) is 96.3 cm³/mol. The van der Waals surface area contributed by atoms with Crippen molar-refractivity contribution >= 4 is 17.8 Å². The summed E-state index contributed by atoms with van der Waals surface area (Å²) in [5.74, 6) is -0.960. The normalized spacial score (nSPS) is 27.6. The molecular formula is C20H27NO5. The highest BCUT2D eigenvalue weighted by Crippen LogP contribution is 2.50. The van der Waals surface area contributed by atoms with E-state index in [1.807, 2.05) is 37.3 Å². The number of amides is 1. The van der Waals surface area contributed by atoms with E-state index < -0.39 is 5.54 Å². The van der Waals surface area contributed by atoms with Gasteiger partial charge in [-0.05, 0) is 18.9 Å². The Hall–Kier alpha value is -2.37. The molecule has 142 valence electrons. The maximum absolute atomic E-state index is 11.9. The van der Waals surface area contributed by atoms with Crippen molar-refractivity contribution in [3.63, 3.8) is 0 Å². The van der Waals surface area contributed by atoms with Crippen LogP contribution in [-0.2, 0) is 23.9 Å². The van der Waals surface area contributed by atoms with Crippen molar-refractivity contribution in [2.45, 2.75) is 45.6 Å². The van der Waals surface area contributed by atoms with E-state index in [-0.39, 0.29) is 48.8 Å². The van der Waals surface area contributed by atoms with Crippen LogP contribution < -0.4 is 5.32 Å². The van der Waals surface area contributed by atoms with Gasteiger partial charge in [0.25, 0.3) is 0 Å². The SMILES string of the molecule is CC(=O)N[C@]1(C)[C@H](COC(C)=O)C[C@H](COC(C)=O)[C@@H]1c1ccccc1. The molecule has 0 unspecified atom stereocenters. The highest BCUT2D eigenvalue weighted by atomic mass is 16.5. The second kappa shape index (κ2) is 8.34. The zero-order valence-electron chi connectivity index (χ0n) is 15.8. The lowest BCUT2D eigenvalue weighted by Gasteiger charge is -2.38. The highest BCUT2D eigenvalue weighted by Gasteiger charge is 2.53. The van der Waals surface area contributed by atoms with E-state index >= 15 is 0 Å². The third kappa shape index (κ3) is 4.62. The molecule has 6 nitrogen and oxygen atoms in total. The van der Waals surface area contributed by atoms with E-state index in [0.29, 0.717) is 6.42 Å². The second-order valence-electron chi connectivity index (χ2n) is 7.15. The first-order chi connectivity index (χ1) is 12.2. The Kier molecular flexibility index (Phi) is 6.40. The summed E-state index contributed by atoms with van der Waals surface area (Å²) < 4.78 is 10.6. The third-order valence-corrected chi connectivity index (χ3v) is 5.15. The minimum atomic E-state index is -0.618. The zero-order chi connectivity index (χ0) is 19.3. The van der Waals surface area contributed by atoms with E-state index in [4.69, 9.17) is 9.47 Å². The Morgan fingerprint density at radius 3 is 2.15 bits per heavy atom. The van der Waals surface area contributed by atoms with Gasteiger partial charge in [0.2, 0.25) is 5.91 Å². The largest absolute Gasteiger partial charge is 0.466 e. The number of esters is 2. The third-order valence-electron chi connectivity index (χ3n) is 5.15. The van der Waals surface area contributed by atoms with Gasteiger partial charge in [0.15, 0.2) is 0 Å². The first kappa shape index (κ1) is 19.9. The number of carbonyl (C=O) groups excluding carboxylic acids is 3. The average molecular weight is 361 g/mol. The van der Waals surface area contributed by atoms with Crippen molar-refractivity contribution < 1.29 is 23.9 Å². The van der Waals surface area contributed by atoms with Crippen LogP contribution >= 0.6 is 0 Å². The molecule has 26 heavy (non-hydrogen) atoms. The molecule has 0 aliphatic heterocycles. The van der Waals surface area contributed by atoms with Crippen molar-refractivity contribution in [3.05, 3.63) is 35.9 Å². The van der Waals surface area contributed by atoms with E-state index in [0.717, 1.165) is 5.56 Å². The molecular weight excluding hydrogens is 334 g/mol. The highest BCUT2D eigenvalue weighted by molar-refractivity contribution is 5.74. The van der Waals surface area contributed by atoms with Gasteiger partial charge in [-0.15, -0.1) is 0 Å². The number of hydrogen-bond donors (Lipinski definition) is 1. The number of hydrogen-bond acceptors (Lipinski definition) is 5. The molecule has 0 bridgehead atoms. The number of ether oxygens (including phenoxy) is 2. The summed E-state index contributed by atoms with van der Waals surface area (Å²) in [6.45, 7) is 6.70. The fraction of sp³-hybridized carbons (Fsp3) is 0.550. The van der Waals surface area contributed by atoms with Crippen molar-refractivity contribution in [2.24, 2.45) is 11.8 Å². The van der Waals surface area contributed by atoms with Crippen LogP contribution in [0.2, 0.25) is 0 Å². The molecule has 0 heterocycles. The molecule has 1 amide bonds. The molecule has 0 spiro atoms. The second-order valence-corrected chi connectivity index (χ2v) is 7.15. The molecule has 1 N–H and O–H groups in total. The average Bonchev–Trinajstić information content (AvgIpc) is 2.82. The first-order valence-corrected chi connectivity index (χ1v) is 8.84. The molecule has 1 fully saturated rings. The molecule has 6 heteroatoms. The van der Waals surface area contributed by atoms with Crippen molar-refractivity contribution in [2.75, 3.05) is 13.2 Å². The predicted octanol–water partition coefficient (Wildman–Crippen LogP) is 2.43. The van der Waals surface area contributed by atoms with Crippen LogP contribution in [-0.4, -0.2) is 36.6 Å². The van der Waals surface area contributed by atoms with Gasteiger partial charge < -0.3 is 14.8 Å². The van der Waals surface area contributed by atoms with Crippen molar-refractivity contribution in [1.29, 1.82) is 0 Å². The van der Waals surface area contributed by atoms with Gasteiger partial charge in [-0.2, -0.15) is 0 Å². The van der Waals surface area contributed by atoms with Gasteiger partial charge in [-0.3, -0.25) is 14.4 Å². The molecule has 0 saturated heterocycles. The Labute approximate surface area is 154 Å². The van der Waals surface area contributed by atoms with Gasteiger partial charge in [0.1, 0.15) is 0 Å². The van der Waals surface area contributed by atoms with E-state index in [2.05, 4.69) is 5.32 Å². The van der Waals surface area contributed by atoms with E-state index in [1.165, 1.54) is 20.8 Å². The Morgan fingerprint density at radius 2 is 1.62 bits per heavy atom. The van der Waals surface area contributed by atoms with Crippen LogP contribution in [0.3, 0.4) is 0 Å². The van der Waals surface area contributed by atoms with Gasteiger partial charge >= 0.3 is 11.9 Å². The smallest absolute Gasteiger partial charge is 0.302 e.